The van der Waals surface area contributed by atoms with Crippen LogP contribution in [0.25, 0.3) is 21.9 Å². The lowest BCUT2D eigenvalue weighted by molar-refractivity contribution is -0.121. The van der Waals surface area contributed by atoms with Crippen molar-refractivity contribution in [1.82, 2.24) is 5.32 Å². The van der Waals surface area contributed by atoms with E-state index in [-0.39, 0.29) is 18.4 Å². The van der Waals surface area contributed by atoms with Gasteiger partial charge in [-0.2, -0.15) is 0 Å². The van der Waals surface area contributed by atoms with E-state index in [4.69, 9.17) is 8.83 Å². The smallest absolute Gasteiger partial charge is 0.339 e. The van der Waals surface area contributed by atoms with Crippen LogP contribution in [0.4, 0.5) is 0 Å². The Labute approximate surface area is 174 Å². The van der Waals surface area contributed by atoms with Crippen LogP contribution in [0.15, 0.2) is 56.3 Å². The molecule has 154 valence electrons. The van der Waals surface area contributed by atoms with E-state index in [0.717, 1.165) is 38.6 Å². The van der Waals surface area contributed by atoms with Gasteiger partial charge in [0.15, 0.2) is 0 Å². The molecule has 5 nitrogen and oxygen atoms in total. The molecule has 2 heterocycles. The molecule has 30 heavy (non-hydrogen) atoms. The Balaban J connectivity index is 1.60. The SMILES string of the molecule is Cc1coc2c(C)c3oc(=O)c(CCC(=O)NC(C)c4ccccc4)c(C)c3cc12. The van der Waals surface area contributed by atoms with Crippen LogP contribution in [0.3, 0.4) is 0 Å². The van der Waals surface area contributed by atoms with E-state index in [1.807, 2.05) is 64.1 Å². The van der Waals surface area contributed by atoms with Crippen molar-refractivity contribution in [3.8, 4) is 0 Å². The van der Waals surface area contributed by atoms with Crippen LogP contribution >= 0.6 is 0 Å². The highest BCUT2D eigenvalue weighted by Crippen LogP contribution is 2.32. The molecule has 0 saturated heterocycles. The lowest BCUT2D eigenvalue weighted by Crippen LogP contribution is -2.27. The summed E-state index contributed by atoms with van der Waals surface area (Å²) in [5.74, 6) is -0.0949. The second-order valence-corrected chi connectivity index (χ2v) is 7.87. The molecule has 5 heteroatoms. The Bertz CT molecular complexity index is 1300. The minimum atomic E-state index is -0.394. The summed E-state index contributed by atoms with van der Waals surface area (Å²) in [4.78, 5) is 25.1. The molecule has 0 radical (unpaired) electrons. The maximum absolute atomic E-state index is 12.7. The topological polar surface area (TPSA) is 72.5 Å². The number of fused-ring (bicyclic) bond motifs is 2. The first kappa shape index (κ1) is 20.0. The molecule has 4 rings (SSSR count). The number of carbonyl (C=O) groups excluding carboxylic acids is 1. The van der Waals surface area contributed by atoms with Gasteiger partial charge < -0.3 is 14.2 Å². The van der Waals surface area contributed by atoms with E-state index < -0.39 is 5.63 Å². The molecule has 1 amide bonds. The Morgan fingerprint density at radius 1 is 1.03 bits per heavy atom. The second kappa shape index (κ2) is 7.82. The van der Waals surface area contributed by atoms with Crippen molar-refractivity contribution in [3.05, 3.63) is 80.9 Å². The predicted molar refractivity (Wildman–Crippen MR) is 118 cm³/mol. The van der Waals surface area contributed by atoms with E-state index in [1.54, 1.807) is 6.26 Å². The van der Waals surface area contributed by atoms with Crippen molar-refractivity contribution in [2.75, 3.05) is 0 Å². The lowest BCUT2D eigenvalue weighted by atomic mass is 9.98. The van der Waals surface area contributed by atoms with E-state index in [9.17, 15) is 9.59 Å². The normalized spacial score (nSPS) is 12.4. The highest BCUT2D eigenvalue weighted by atomic mass is 16.4. The number of amides is 1. The fraction of sp³-hybridized carbons (Fsp3) is 0.280. The number of nitrogens with one attached hydrogen (secondary N) is 1. The number of rotatable bonds is 5. The molecule has 0 aliphatic heterocycles. The summed E-state index contributed by atoms with van der Waals surface area (Å²) >= 11 is 0. The largest absolute Gasteiger partial charge is 0.464 e. The van der Waals surface area contributed by atoms with Gasteiger partial charge in [-0.15, -0.1) is 0 Å². The summed E-state index contributed by atoms with van der Waals surface area (Å²) in [6, 6.07) is 11.7. The Kier molecular flexibility index (Phi) is 5.20. The van der Waals surface area contributed by atoms with Crippen LogP contribution in [0.1, 0.15) is 47.2 Å². The van der Waals surface area contributed by atoms with Crippen molar-refractivity contribution in [1.29, 1.82) is 0 Å². The van der Waals surface area contributed by atoms with Crippen molar-refractivity contribution in [2.45, 2.75) is 46.6 Å². The van der Waals surface area contributed by atoms with Gasteiger partial charge in [-0.1, -0.05) is 30.3 Å². The van der Waals surface area contributed by atoms with Crippen LogP contribution < -0.4 is 10.9 Å². The van der Waals surface area contributed by atoms with Crippen molar-refractivity contribution in [2.24, 2.45) is 0 Å². The third-order valence-corrected chi connectivity index (χ3v) is 5.81. The molecule has 0 aliphatic carbocycles. The minimum absolute atomic E-state index is 0.0900. The Hall–Kier alpha value is -3.34. The van der Waals surface area contributed by atoms with Crippen LogP contribution in [-0.4, -0.2) is 5.91 Å². The van der Waals surface area contributed by atoms with Gasteiger partial charge in [0, 0.05) is 28.3 Å². The molecule has 0 bridgehead atoms. The minimum Gasteiger partial charge on any atom is -0.464 e. The first-order chi connectivity index (χ1) is 14.4. The third-order valence-electron chi connectivity index (χ3n) is 5.81. The molecule has 1 unspecified atom stereocenters. The number of carbonyl (C=O) groups is 1. The predicted octanol–water partition coefficient (Wildman–Crippen LogP) is 5.27. The number of aryl methyl sites for hydroxylation is 3. The molecule has 4 aromatic rings. The number of hydrogen-bond donors (Lipinski definition) is 1. The number of benzene rings is 2. The van der Waals surface area contributed by atoms with Crippen molar-refractivity contribution in [3.63, 3.8) is 0 Å². The Morgan fingerprint density at radius 3 is 2.50 bits per heavy atom. The van der Waals surface area contributed by atoms with Crippen LogP contribution in [-0.2, 0) is 11.2 Å². The van der Waals surface area contributed by atoms with E-state index >= 15 is 0 Å². The monoisotopic (exact) mass is 403 g/mol. The van der Waals surface area contributed by atoms with Gasteiger partial charge in [-0.3, -0.25) is 4.79 Å². The summed E-state index contributed by atoms with van der Waals surface area (Å²) in [5.41, 5.74) is 5.19. The van der Waals surface area contributed by atoms with Gasteiger partial charge in [-0.05, 0) is 56.9 Å². The van der Waals surface area contributed by atoms with Gasteiger partial charge in [-0.25, -0.2) is 4.79 Å². The highest BCUT2D eigenvalue weighted by Gasteiger charge is 2.18. The summed E-state index contributed by atoms with van der Waals surface area (Å²) < 4.78 is 11.3. The van der Waals surface area contributed by atoms with E-state index in [1.165, 1.54) is 0 Å². The van der Waals surface area contributed by atoms with Gasteiger partial charge >= 0.3 is 5.63 Å². The summed E-state index contributed by atoms with van der Waals surface area (Å²) in [7, 11) is 0. The zero-order valence-corrected chi connectivity index (χ0v) is 17.7. The summed E-state index contributed by atoms with van der Waals surface area (Å²) in [5, 5.41) is 4.89. The fourth-order valence-electron chi connectivity index (χ4n) is 3.98. The van der Waals surface area contributed by atoms with Gasteiger partial charge in [0.2, 0.25) is 5.91 Å². The van der Waals surface area contributed by atoms with Crippen LogP contribution in [0.2, 0.25) is 0 Å². The molecular formula is C25H25NO4. The zero-order valence-electron chi connectivity index (χ0n) is 17.7. The molecule has 0 fully saturated rings. The van der Waals surface area contributed by atoms with Crippen LogP contribution in [0.5, 0.6) is 0 Å². The first-order valence-corrected chi connectivity index (χ1v) is 10.1. The van der Waals surface area contributed by atoms with Crippen LogP contribution in [0, 0.1) is 20.8 Å². The van der Waals surface area contributed by atoms with Gasteiger partial charge in [0.25, 0.3) is 0 Å². The van der Waals surface area contributed by atoms with Gasteiger partial charge in [0.05, 0.1) is 12.3 Å². The maximum Gasteiger partial charge on any atom is 0.339 e. The van der Waals surface area contributed by atoms with Crippen molar-refractivity contribution >= 4 is 27.8 Å². The average molecular weight is 403 g/mol. The lowest BCUT2D eigenvalue weighted by Gasteiger charge is -2.14. The molecule has 1 N–H and O–H groups in total. The maximum atomic E-state index is 12.7. The molecule has 0 spiro atoms. The summed E-state index contributed by atoms with van der Waals surface area (Å²) in [6.45, 7) is 7.75. The number of hydrogen-bond acceptors (Lipinski definition) is 4. The number of furan rings is 1. The molecule has 1 atom stereocenters. The standard InChI is InChI=1S/C25H25NO4/c1-14-13-29-23-16(3)24-21(12-20(14)23)15(2)19(25(28)30-24)10-11-22(27)26-17(4)18-8-6-5-7-9-18/h5-9,12-13,17H,10-11H2,1-4H3,(H,26,27). The highest BCUT2D eigenvalue weighted by molar-refractivity contribution is 5.99. The fourth-order valence-corrected chi connectivity index (χ4v) is 3.98. The van der Waals surface area contributed by atoms with E-state index in [2.05, 4.69) is 5.32 Å². The van der Waals surface area contributed by atoms with Gasteiger partial charge in [0.1, 0.15) is 11.2 Å². The quantitative estimate of drug-likeness (QED) is 0.461. The molecule has 2 aromatic carbocycles. The zero-order chi connectivity index (χ0) is 21.4. The third kappa shape index (κ3) is 3.52. The second-order valence-electron chi connectivity index (χ2n) is 7.87. The Morgan fingerprint density at radius 2 is 1.77 bits per heavy atom. The molecule has 0 saturated carbocycles. The molecule has 0 aliphatic rings. The first-order valence-electron chi connectivity index (χ1n) is 10.1. The average Bonchev–Trinajstić information content (AvgIpc) is 3.10. The summed E-state index contributed by atoms with van der Waals surface area (Å²) in [6.07, 6.45) is 2.27. The van der Waals surface area contributed by atoms with Crippen molar-refractivity contribution < 1.29 is 13.6 Å². The molecule has 2 aromatic heterocycles. The van der Waals surface area contributed by atoms with E-state index in [0.29, 0.717) is 17.6 Å². The molecular weight excluding hydrogens is 378 g/mol.